The van der Waals surface area contributed by atoms with Crippen molar-refractivity contribution in [2.75, 3.05) is 23.8 Å². The van der Waals surface area contributed by atoms with Crippen LogP contribution >= 0.6 is 11.8 Å². The number of rotatable bonds is 4. The molecular weight excluding hydrogens is 318 g/mol. The third kappa shape index (κ3) is 3.66. The Bertz CT molecular complexity index is 630. The fraction of sp³-hybridized carbons (Fsp3) is 0.562. The number of nitrogens with zero attached hydrogens (tertiary/aromatic N) is 1. The average molecular weight is 339 g/mol. The summed E-state index contributed by atoms with van der Waals surface area (Å²) in [5, 5.41) is 0.0896. The van der Waals surface area contributed by atoms with E-state index >= 15 is 0 Å². The van der Waals surface area contributed by atoms with Gasteiger partial charge in [0.2, 0.25) is 5.91 Å². The second-order valence-corrected chi connectivity index (χ2v) is 9.51. The summed E-state index contributed by atoms with van der Waals surface area (Å²) >= 11 is 1.51. The molecule has 0 aliphatic carbocycles. The van der Waals surface area contributed by atoms with Crippen LogP contribution in [0.25, 0.3) is 0 Å². The van der Waals surface area contributed by atoms with Gasteiger partial charge >= 0.3 is 0 Å². The molecule has 6 heteroatoms. The first-order valence-corrected chi connectivity index (χ1v) is 10.6. The van der Waals surface area contributed by atoms with Crippen LogP contribution in [0.3, 0.4) is 0 Å². The summed E-state index contributed by atoms with van der Waals surface area (Å²) in [6, 6.07) is 10.3. The number of sulfone groups is 1. The van der Waals surface area contributed by atoms with Gasteiger partial charge in [-0.25, -0.2) is 8.42 Å². The van der Waals surface area contributed by atoms with E-state index in [-0.39, 0.29) is 28.7 Å². The summed E-state index contributed by atoms with van der Waals surface area (Å²) in [6.07, 6.45) is 2.73. The minimum absolute atomic E-state index is 0.0896. The summed E-state index contributed by atoms with van der Waals surface area (Å²) in [5.41, 5.74) is 1.20. The van der Waals surface area contributed by atoms with E-state index in [1.54, 1.807) is 0 Å². The Morgan fingerprint density at radius 2 is 2.00 bits per heavy atom. The fourth-order valence-corrected chi connectivity index (χ4v) is 6.78. The third-order valence-corrected chi connectivity index (χ3v) is 7.66. The molecule has 2 heterocycles. The number of likely N-dealkylation sites (tertiary alicyclic amines) is 1. The molecule has 2 aliphatic rings. The van der Waals surface area contributed by atoms with Crippen LogP contribution < -0.4 is 0 Å². The predicted octanol–water partition coefficient (Wildman–Crippen LogP) is 2.27. The Hall–Kier alpha value is -1.01. The molecule has 1 aromatic carbocycles. The second kappa shape index (κ2) is 6.62. The normalized spacial score (nSPS) is 27.2. The molecule has 2 aliphatic heterocycles. The molecule has 2 saturated heterocycles. The van der Waals surface area contributed by atoms with Gasteiger partial charge in [-0.15, -0.1) is 11.8 Å². The van der Waals surface area contributed by atoms with E-state index in [9.17, 15) is 13.2 Å². The molecule has 0 aromatic heterocycles. The maximum absolute atomic E-state index is 12.5. The van der Waals surface area contributed by atoms with E-state index in [1.165, 1.54) is 17.3 Å². The van der Waals surface area contributed by atoms with Crippen LogP contribution in [0, 0.1) is 0 Å². The fourth-order valence-electron chi connectivity index (χ4n) is 3.25. The van der Waals surface area contributed by atoms with E-state index in [0.29, 0.717) is 12.2 Å². The quantitative estimate of drug-likeness (QED) is 0.844. The predicted molar refractivity (Wildman–Crippen MR) is 89.6 cm³/mol. The van der Waals surface area contributed by atoms with E-state index in [4.69, 9.17) is 0 Å². The van der Waals surface area contributed by atoms with Crippen LogP contribution in [0.1, 0.15) is 30.9 Å². The van der Waals surface area contributed by atoms with Gasteiger partial charge in [-0.3, -0.25) is 4.79 Å². The lowest BCUT2D eigenvalue weighted by Crippen LogP contribution is -2.32. The molecule has 3 rings (SSSR count). The van der Waals surface area contributed by atoms with Crippen molar-refractivity contribution in [1.29, 1.82) is 0 Å². The van der Waals surface area contributed by atoms with Crippen LogP contribution in [0.15, 0.2) is 30.3 Å². The number of hydrogen-bond donors (Lipinski definition) is 0. The van der Waals surface area contributed by atoms with Gasteiger partial charge in [-0.2, -0.15) is 0 Å². The molecule has 2 unspecified atom stereocenters. The van der Waals surface area contributed by atoms with Gasteiger partial charge in [-0.05, 0) is 24.8 Å². The zero-order chi connectivity index (χ0) is 15.6. The molecule has 120 valence electrons. The minimum atomic E-state index is -2.86. The average Bonchev–Trinajstić information content (AvgIpc) is 3.12. The molecule has 4 nitrogen and oxygen atoms in total. The Morgan fingerprint density at radius 1 is 1.23 bits per heavy atom. The highest BCUT2D eigenvalue weighted by Crippen LogP contribution is 2.33. The van der Waals surface area contributed by atoms with Crippen molar-refractivity contribution in [1.82, 2.24) is 4.90 Å². The molecule has 22 heavy (non-hydrogen) atoms. The third-order valence-electron chi connectivity index (χ3n) is 4.39. The van der Waals surface area contributed by atoms with E-state index < -0.39 is 9.84 Å². The molecule has 1 aromatic rings. The van der Waals surface area contributed by atoms with Crippen molar-refractivity contribution < 1.29 is 13.2 Å². The van der Waals surface area contributed by atoms with Gasteiger partial charge in [0.15, 0.2) is 9.84 Å². The maximum Gasteiger partial charge on any atom is 0.233 e. The van der Waals surface area contributed by atoms with E-state index in [1.807, 2.05) is 23.1 Å². The lowest BCUT2D eigenvalue weighted by molar-refractivity contribution is -0.129. The lowest BCUT2D eigenvalue weighted by Gasteiger charge is -2.25. The van der Waals surface area contributed by atoms with Crippen molar-refractivity contribution in [3.8, 4) is 0 Å². The standard InChI is InChI=1S/C16H21NO3S2/c18-16(11-21-14-8-10-22(19,20)12-14)17-9-4-7-15(17)13-5-2-1-3-6-13/h1-3,5-6,14-15H,4,7-12H2. The van der Waals surface area contributed by atoms with Crippen molar-refractivity contribution >= 4 is 27.5 Å². The summed E-state index contributed by atoms with van der Waals surface area (Å²) in [5.74, 6) is 1.03. The number of hydrogen-bond acceptors (Lipinski definition) is 4. The number of amides is 1. The molecule has 1 amide bonds. The van der Waals surface area contributed by atoms with Crippen LogP contribution in [0.4, 0.5) is 0 Å². The summed E-state index contributed by atoms with van der Waals surface area (Å²) in [7, 11) is -2.86. The molecule has 0 saturated carbocycles. The van der Waals surface area contributed by atoms with Crippen LogP contribution in [0.5, 0.6) is 0 Å². The number of carbonyl (C=O) groups excluding carboxylic acids is 1. The molecule has 2 fully saturated rings. The number of carbonyl (C=O) groups is 1. The summed E-state index contributed by atoms with van der Waals surface area (Å²) < 4.78 is 22.9. The molecule has 0 N–H and O–H groups in total. The Labute approximate surface area is 136 Å². The first kappa shape index (κ1) is 15.9. The van der Waals surface area contributed by atoms with E-state index in [0.717, 1.165) is 19.4 Å². The van der Waals surface area contributed by atoms with Crippen LogP contribution in [-0.4, -0.2) is 48.3 Å². The second-order valence-electron chi connectivity index (χ2n) is 5.99. The Kier molecular flexibility index (Phi) is 4.78. The minimum Gasteiger partial charge on any atom is -0.335 e. The maximum atomic E-state index is 12.5. The zero-order valence-corrected chi connectivity index (χ0v) is 14.1. The largest absolute Gasteiger partial charge is 0.335 e. The van der Waals surface area contributed by atoms with Gasteiger partial charge in [0.1, 0.15) is 0 Å². The zero-order valence-electron chi connectivity index (χ0n) is 12.5. The van der Waals surface area contributed by atoms with Crippen LogP contribution in [0.2, 0.25) is 0 Å². The first-order valence-electron chi connectivity index (χ1n) is 7.71. The summed E-state index contributed by atoms with van der Waals surface area (Å²) in [6.45, 7) is 0.807. The molecular formula is C16H21NO3S2. The van der Waals surface area contributed by atoms with Gasteiger partial charge in [-0.1, -0.05) is 30.3 Å². The van der Waals surface area contributed by atoms with E-state index in [2.05, 4.69) is 12.1 Å². The molecule has 0 spiro atoms. The van der Waals surface area contributed by atoms with Gasteiger partial charge in [0, 0.05) is 11.8 Å². The van der Waals surface area contributed by atoms with Gasteiger partial charge < -0.3 is 4.90 Å². The Morgan fingerprint density at radius 3 is 2.68 bits per heavy atom. The van der Waals surface area contributed by atoms with Gasteiger partial charge in [0.25, 0.3) is 0 Å². The van der Waals surface area contributed by atoms with Crippen molar-refractivity contribution in [3.63, 3.8) is 0 Å². The topological polar surface area (TPSA) is 54.5 Å². The first-order chi connectivity index (χ1) is 10.6. The van der Waals surface area contributed by atoms with Crippen LogP contribution in [-0.2, 0) is 14.6 Å². The molecule has 0 bridgehead atoms. The highest BCUT2D eigenvalue weighted by Gasteiger charge is 2.32. The number of thioether (sulfide) groups is 1. The smallest absolute Gasteiger partial charge is 0.233 e. The molecule has 0 radical (unpaired) electrons. The highest BCUT2D eigenvalue weighted by molar-refractivity contribution is 8.02. The molecule has 2 atom stereocenters. The lowest BCUT2D eigenvalue weighted by atomic mass is 10.0. The monoisotopic (exact) mass is 339 g/mol. The van der Waals surface area contributed by atoms with Crippen molar-refractivity contribution in [3.05, 3.63) is 35.9 Å². The van der Waals surface area contributed by atoms with Crippen molar-refractivity contribution in [2.24, 2.45) is 0 Å². The number of benzene rings is 1. The highest BCUT2D eigenvalue weighted by atomic mass is 32.2. The van der Waals surface area contributed by atoms with Crippen molar-refractivity contribution in [2.45, 2.75) is 30.6 Å². The summed E-state index contributed by atoms with van der Waals surface area (Å²) in [4.78, 5) is 14.5. The Balaban J connectivity index is 1.58. The van der Waals surface area contributed by atoms with Gasteiger partial charge in [0.05, 0.1) is 23.3 Å². The SMILES string of the molecule is O=C(CSC1CCS(=O)(=O)C1)N1CCCC1c1ccccc1.